The van der Waals surface area contributed by atoms with Crippen molar-refractivity contribution in [1.29, 1.82) is 0 Å². The second-order valence-electron chi connectivity index (χ2n) is 10.1. The van der Waals surface area contributed by atoms with Crippen LogP contribution in [0.2, 0.25) is 0 Å². The fourth-order valence-electron chi connectivity index (χ4n) is 4.81. The van der Waals surface area contributed by atoms with Crippen LogP contribution >= 0.6 is 0 Å². The number of piperazine rings is 1. The second kappa shape index (κ2) is 14.7. The highest BCUT2D eigenvalue weighted by atomic mass is 16.5. The standard InChI is InChI=1S/C34H35N5O4/c1-42-32-10-6-5-9-31(32)39-21-19-38(20-22-39)24-27-11-15-28(16-12-27)34(41)37-35-23-26-13-17-30(18-14-26)43-25-33(40)36-29-7-3-2-4-8-29/h2-18,23H,19-22,24-25H2,1H3,(H,36,40)(H,37,41)/b35-23-. The van der Waals surface area contributed by atoms with Gasteiger partial charge in [-0.05, 0) is 71.8 Å². The molecule has 0 atom stereocenters. The minimum absolute atomic E-state index is 0.0995. The van der Waals surface area contributed by atoms with E-state index in [0.29, 0.717) is 11.3 Å². The van der Waals surface area contributed by atoms with Crippen LogP contribution in [-0.2, 0) is 11.3 Å². The number of hydrazone groups is 1. The summed E-state index contributed by atoms with van der Waals surface area (Å²) in [6.07, 6.45) is 1.56. The molecular weight excluding hydrogens is 542 g/mol. The van der Waals surface area contributed by atoms with Gasteiger partial charge in [0.05, 0.1) is 19.0 Å². The Balaban J connectivity index is 1.03. The molecule has 43 heavy (non-hydrogen) atoms. The van der Waals surface area contributed by atoms with Crippen molar-refractivity contribution in [3.05, 3.63) is 120 Å². The molecule has 9 nitrogen and oxygen atoms in total. The van der Waals surface area contributed by atoms with Crippen LogP contribution in [0, 0.1) is 0 Å². The van der Waals surface area contributed by atoms with Gasteiger partial charge < -0.3 is 19.7 Å². The van der Waals surface area contributed by atoms with E-state index in [9.17, 15) is 9.59 Å². The third kappa shape index (κ3) is 8.43. The van der Waals surface area contributed by atoms with E-state index in [1.54, 1.807) is 37.6 Å². The summed E-state index contributed by atoms with van der Waals surface area (Å²) in [6, 6.07) is 32.1. The third-order valence-corrected chi connectivity index (χ3v) is 7.11. The van der Waals surface area contributed by atoms with Crippen LogP contribution in [0.3, 0.4) is 0 Å². The molecule has 1 aliphatic rings. The molecule has 4 aromatic rings. The number of carbonyl (C=O) groups is 2. The zero-order valence-electron chi connectivity index (χ0n) is 24.1. The van der Waals surface area contributed by atoms with Crippen LogP contribution in [0.5, 0.6) is 11.5 Å². The molecule has 4 aromatic carbocycles. The summed E-state index contributed by atoms with van der Waals surface area (Å²) >= 11 is 0. The molecule has 5 rings (SSSR count). The minimum atomic E-state index is -0.280. The van der Waals surface area contributed by atoms with Crippen molar-refractivity contribution in [3.63, 3.8) is 0 Å². The molecule has 9 heteroatoms. The number of nitrogens with zero attached hydrogens (tertiary/aromatic N) is 3. The van der Waals surface area contributed by atoms with Crippen molar-refractivity contribution in [2.75, 3.05) is 50.1 Å². The molecule has 0 radical (unpaired) electrons. The minimum Gasteiger partial charge on any atom is -0.495 e. The van der Waals surface area contributed by atoms with Crippen molar-refractivity contribution in [2.45, 2.75) is 6.54 Å². The van der Waals surface area contributed by atoms with E-state index in [0.717, 1.165) is 61.0 Å². The average molecular weight is 578 g/mol. The predicted molar refractivity (Wildman–Crippen MR) is 169 cm³/mol. The summed E-state index contributed by atoms with van der Waals surface area (Å²) in [5.74, 6) is 0.940. The maximum atomic E-state index is 12.6. The molecule has 1 fully saturated rings. The van der Waals surface area contributed by atoms with Crippen molar-refractivity contribution in [1.82, 2.24) is 10.3 Å². The maximum Gasteiger partial charge on any atom is 0.271 e. The summed E-state index contributed by atoms with van der Waals surface area (Å²) in [5.41, 5.74) is 6.91. The zero-order valence-corrected chi connectivity index (χ0v) is 24.1. The highest BCUT2D eigenvalue weighted by molar-refractivity contribution is 5.95. The summed E-state index contributed by atoms with van der Waals surface area (Å²) in [6.45, 7) is 4.49. The summed E-state index contributed by atoms with van der Waals surface area (Å²) in [7, 11) is 1.71. The van der Waals surface area contributed by atoms with Crippen LogP contribution in [0.4, 0.5) is 11.4 Å². The van der Waals surface area contributed by atoms with Gasteiger partial charge in [0, 0.05) is 44.0 Å². The Labute approximate surface area is 251 Å². The van der Waals surface area contributed by atoms with E-state index >= 15 is 0 Å². The molecule has 1 aliphatic heterocycles. The molecule has 0 unspecified atom stereocenters. The molecular formula is C34H35N5O4. The number of hydrogen-bond donors (Lipinski definition) is 2. The Kier molecular flexibility index (Phi) is 10.0. The number of para-hydroxylation sites is 3. The van der Waals surface area contributed by atoms with Gasteiger partial charge in [0.1, 0.15) is 11.5 Å². The summed E-state index contributed by atoms with van der Waals surface area (Å²) in [5, 5.41) is 6.85. The smallest absolute Gasteiger partial charge is 0.271 e. The SMILES string of the molecule is COc1ccccc1N1CCN(Cc2ccc(C(=O)N/N=C\c3ccc(OCC(=O)Nc4ccccc4)cc3)cc2)CC1. The zero-order chi connectivity index (χ0) is 29.9. The lowest BCUT2D eigenvalue weighted by molar-refractivity contribution is -0.118. The molecule has 0 aromatic heterocycles. The molecule has 1 saturated heterocycles. The average Bonchev–Trinajstić information content (AvgIpc) is 3.05. The maximum absolute atomic E-state index is 12.6. The van der Waals surface area contributed by atoms with Crippen LogP contribution in [0.1, 0.15) is 21.5 Å². The lowest BCUT2D eigenvalue weighted by atomic mass is 10.1. The first-order valence-corrected chi connectivity index (χ1v) is 14.2. The first kappa shape index (κ1) is 29.3. The molecule has 220 valence electrons. The van der Waals surface area contributed by atoms with E-state index in [1.165, 1.54) is 0 Å². The second-order valence-corrected chi connectivity index (χ2v) is 10.1. The van der Waals surface area contributed by atoms with Gasteiger partial charge in [0.15, 0.2) is 6.61 Å². The van der Waals surface area contributed by atoms with E-state index in [2.05, 4.69) is 31.7 Å². The van der Waals surface area contributed by atoms with Gasteiger partial charge in [-0.1, -0.05) is 42.5 Å². The number of benzene rings is 4. The number of anilines is 2. The van der Waals surface area contributed by atoms with E-state index in [1.807, 2.05) is 72.8 Å². The van der Waals surface area contributed by atoms with Crippen LogP contribution in [-0.4, -0.2) is 62.8 Å². The summed E-state index contributed by atoms with van der Waals surface area (Å²) < 4.78 is 11.1. The Morgan fingerprint density at radius 3 is 2.26 bits per heavy atom. The van der Waals surface area contributed by atoms with Crippen molar-refractivity contribution in [3.8, 4) is 11.5 Å². The normalized spacial score (nSPS) is 13.5. The Bertz CT molecular complexity index is 1520. The third-order valence-electron chi connectivity index (χ3n) is 7.11. The molecule has 1 heterocycles. The first-order chi connectivity index (χ1) is 21.1. The highest BCUT2D eigenvalue weighted by Crippen LogP contribution is 2.28. The molecule has 0 aliphatic carbocycles. The van der Waals surface area contributed by atoms with Crippen molar-refractivity contribution in [2.24, 2.45) is 5.10 Å². The predicted octanol–water partition coefficient (Wildman–Crippen LogP) is 4.80. The summed E-state index contributed by atoms with van der Waals surface area (Å²) in [4.78, 5) is 29.4. The van der Waals surface area contributed by atoms with Gasteiger partial charge in [-0.15, -0.1) is 0 Å². The highest BCUT2D eigenvalue weighted by Gasteiger charge is 2.19. The molecule has 0 bridgehead atoms. The number of amides is 2. The molecule has 0 saturated carbocycles. The van der Waals surface area contributed by atoms with E-state index < -0.39 is 0 Å². The van der Waals surface area contributed by atoms with Crippen LogP contribution < -0.4 is 25.1 Å². The number of carbonyl (C=O) groups excluding carboxylic acids is 2. The lowest BCUT2D eigenvalue weighted by Crippen LogP contribution is -2.46. The molecule has 2 amide bonds. The van der Waals surface area contributed by atoms with Crippen LogP contribution in [0.25, 0.3) is 0 Å². The van der Waals surface area contributed by atoms with E-state index in [-0.39, 0.29) is 18.4 Å². The number of nitrogens with one attached hydrogen (secondary N) is 2. The first-order valence-electron chi connectivity index (χ1n) is 14.2. The van der Waals surface area contributed by atoms with Crippen LogP contribution in [0.15, 0.2) is 108 Å². The van der Waals surface area contributed by atoms with E-state index in [4.69, 9.17) is 9.47 Å². The van der Waals surface area contributed by atoms with Gasteiger partial charge >= 0.3 is 0 Å². The van der Waals surface area contributed by atoms with Gasteiger partial charge in [0.25, 0.3) is 11.8 Å². The van der Waals surface area contributed by atoms with Gasteiger partial charge in [-0.2, -0.15) is 5.10 Å². The van der Waals surface area contributed by atoms with Gasteiger partial charge in [0.2, 0.25) is 0 Å². The largest absolute Gasteiger partial charge is 0.495 e. The lowest BCUT2D eigenvalue weighted by Gasteiger charge is -2.36. The fraction of sp³-hybridized carbons (Fsp3) is 0.206. The topological polar surface area (TPSA) is 95.5 Å². The Morgan fingerprint density at radius 2 is 1.53 bits per heavy atom. The Hall–Kier alpha value is -5.15. The number of rotatable bonds is 11. The number of hydrogen-bond acceptors (Lipinski definition) is 7. The van der Waals surface area contributed by atoms with Gasteiger partial charge in [-0.3, -0.25) is 14.5 Å². The number of methoxy groups -OCH3 is 1. The quantitative estimate of drug-likeness (QED) is 0.197. The monoisotopic (exact) mass is 577 g/mol. The Morgan fingerprint density at radius 1 is 0.837 bits per heavy atom. The fourth-order valence-corrected chi connectivity index (χ4v) is 4.81. The number of ether oxygens (including phenoxy) is 2. The van der Waals surface area contributed by atoms with Crippen molar-refractivity contribution >= 4 is 29.4 Å². The molecule has 0 spiro atoms. The van der Waals surface area contributed by atoms with Gasteiger partial charge in [-0.25, -0.2) is 5.43 Å². The molecule has 2 N–H and O–H groups in total. The van der Waals surface area contributed by atoms with Crippen molar-refractivity contribution < 1.29 is 19.1 Å².